The van der Waals surface area contributed by atoms with Gasteiger partial charge in [0.25, 0.3) is 0 Å². The highest BCUT2D eigenvalue weighted by atomic mass is 16.5. The molecule has 0 bridgehead atoms. The molecule has 1 atom stereocenters. The third-order valence-corrected chi connectivity index (χ3v) is 5.31. The highest BCUT2D eigenvalue weighted by Gasteiger charge is 2.34. The standard InChI is InChI=1S/C25H22N2O8/c1-3-33-24(30)20-18(26-25(31)27-21(20)14-8-10-16(32-2)11-9-14)13-34-22(28)17-12-15-6-4-5-7-19(15)35-23(17)29/h4-12,21H,3,13H2,1-2H3,(H2,26,27,31)/t21-/m1/s1. The zero-order chi connectivity index (χ0) is 24.9. The number of amides is 2. The Morgan fingerprint density at radius 2 is 1.74 bits per heavy atom. The van der Waals surface area contributed by atoms with Crippen LogP contribution >= 0.6 is 0 Å². The van der Waals surface area contributed by atoms with Crippen LogP contribution in [0.4, 0.5) is 4.79 Å². The molecule has 0 aliphatic carbocycles. The van der Waals surface area contributed by atoms with Gasteiger partial charge in [-0.2, -0.15) is 0 Å². The first-order valence-corrected chi connectivity index (χ1v) is 10.7. The molecule has 0 saturated heterocycles. The zero-order valence-corrected chi connectivity index (χ0v) is 19.0. The fraction of sp³-hybridized carbons (Fsp3) is 0.200. The molecule has 0 radical (unpaired) electrons. The van der Waals surface area contributed by atoms with E-state index < -0.39 is 36.2 Å². The first-order chi connectivity index (χ1) is 16.9. The summed E-state index contributed by atoms with van der Waals surface area (Å²) >= 11 is 0. The largest absolute Gasteiger partial charge is 0.497 e. The molecule has 1 aromatic heterocycles. The van der Waals surface area contributed by atoms with E-state index >= 15 is 0 Å². The van der Waals surface area contributed by atoms with Crippen molar-refractivity contribution in [1.82, 2.24) is 10.6 Å². The highest BCUT2D eigenvalue weighted by Crippen LogP contribution is 2.29. The number of nitrogens with one attached hydrogen (secondary N) is 2. The van der Waals surface area contributed by atoms with Gasteiger partial charge in [-0.3, -0.25) is 0 Å². The van der Waals surface area contributed by atoms with Gasteiger partial charge >= 0.3 is 23.6 Å². The molecule has 2 N–H and O–H groups in total. The van der Waals surface area contributed by atoms with E-state index in [0.29, 0.717) is 22.3 Å². The fourth-order valence-corrected chi connectivity index (χ4v) is 3.65. The van der Waals surface area contributed by atoms with Crippen LogP contribution in [0.5, 0.6) is 5.75 Å². The number of methoxy groups -OCH3 is 1. The topological polar surface area (TPSA) is 133 Å². The average molecular weight is 478 g/mol. The zero-order valence-electron chi connectivity index (χ0n) is 19.0. The van der Waals surface area contributed by atoms with Crippen molar-refractivity contribution in [2.75, 3.05) is 20.3 Å². The van der Waals surface area contributed by atoms with Crippen molar-refractivity contribution in [1.29, 1.82) is 0 Å². The lowest BCUT2D eigenvalue weighted by molar-refractivity contribution is -0.139. The number of para-hydroxylation sites is 1. The molecular formula is C25H22N2O8. The average Bonchev–Trinajstić information content (AvgIpc) is 2.86. The predicted molar refractivity (Wildman–Crippen MR) is 124 cm³/mol. The van der Waals surface area contributed by atoms with Crippen LogP contribution in [0.15, 0.2) is 75.1 Å². The van der Waals surface area contributed by atoms with Crippen molar-refractivity contribution in [2.45, 2.75) is 13.0 Å². The van der Waals surface area contributed by atoms with Gasteiger partial charge < -0.3 is 29.3 Å². The van der Waals surface area contributed by atoms with E-state index in [-0.39, 0.29) is 23.4 Å². The van der Waals surface area contributed by atoms with Gasteiger partial charge in [-0.1, -0.05) is 30.3 Å². The molecule has 2 heterocycles. The molecule has 2 aromatic carbocycles. The van der Waals surface area contributed by atoms with Gasteiger partial charge in [-0.15, -0.1) is 0 Å². The molecule has 4 rings (SSSR count). The molecule has 180 valence electrons. The maximum atomic E-state index is 12.8. The van der Waals surface area contributed by atoms with E-state index in [0.717, 1.165) is 0 Å². The van der Waals surface area contributed by atoms with Crippen LogP contribution < -0.4 is 21.0 Å². The molecule has 10 heteroatoms. The second kappa shape index (κ2) is 10.1. The Hall–Kier alpha value is -4.60. The summed E-state index contributed by atoms with van der Waals surface area (Å²) < 4.78 is 20.8. The summed E-state index contributed by atoms with van der Waals surface area (Å²) in [6.07, 6.45) is 0. The van der Waals surface area contributed by atoms with Crippen molar-refractivity contribution in [3.63, 3.8) is 0 Å². The van der Waals surface area contributed by atoms with E-state index in [1.165, 1.54) is 13.2 Å². The lowest BCUT2D eigenvalue weighted by Crippen LogP contribution is -2.47. The molecule has 0 fully saturated rings. The summed E-state index contributed by atoms with van der Waals surface area (Å²) in [4.78, 5) is 50.2. The third kappa shape index (κ3) is 5.01. The maximum absolute atomic E-state index is 12.8. The van der Waals surface area contributed by atoms with E-state index in [9.17, 15) is 19.2 Å². The monoisotopic (exact) mass is 478 g/mol. The van der Waals surface area contributed by atoms with Crippen LogP contribution in [0.1, 0.15) is 28.9 Å². The summed E-state index contributed by atoms with van der Waals surface area (Å²) in [7, 11) is 1.52. The van der Waals surface area contributed by atoms with Crippen LogP contribution in [0.3, 0.4) is 0 Å². The van der Waals surface area contributed by atoms with Crippen molar-refractivity contribution >= 4 is 28.9 Å². The lowest BCUT2D eigenvalue weighted by Gasteiger charge is -2.29. The number of rotatable bonds is 7. The second-order valence-corrected chi connectivity index (χ2v) is 7.48. The summed E-state index contributed by atoms with van der Waals surface area (Å²) in [5, 5.41) is 5.73. The lowest BCUT2D eigenvalue weighted by atomic mass is 9.95. The van der Waals surface area contributed by atoms with Gasteiger partial charge in [0.15, 0.2) is 0 Å². The SMILES string of the molecule is CCOC(=O)C1=C(COC(=O)c2cc3ccccc3oc2=O)NC(=O)N[C@@H]1c1ccc(OC)cc1. The van der Waals surface area contributed by atoms with Crippen LogP contribution in [-0.4, -0.2) is 38.3 Å². The fourth-order valence-electron chi connectivity index (χ4n) is 3.65. The summed E-state index contributed by atoms with van der Waals surface area (Å²) in [6.45, 7) is 1.25. The number of hydrogen-bond donors (Lipinski definition) is 2. The van der Waals surface area contributed by atoms with E-state index in [1.807, 2.05) is 0 Å². The maximum Gasteiger partial charge on any atom is 0.351 e. The summed E-state index contributed by atoms with van der Waals surface area (Å²) in [6, 6.07) is 13.4. The number of hydrogen-bond acceptors (Lipinski definition) is 8. The minimum Gasteiger partial charge on any atom is -0.497 e. The molecule has 0 unspecified atom stereocenters. The number of fused-ring (bicyclic) bond motifs is 1. The summed E-state index contributed by atoms with van der Waals surface area (Å²) in [5.41, 5.74) is -0.161. The number of ether oxygens (including phenoxy) is 3. The normalized spacial score (nSPS) is 15.3. The van der Waals surface area contributed by atoms with Gasteiger partial charge in [0, 0.05) is 5.39 Å². The van der Waals surface area contributed by atoms with Crippen molar-refractivity contribution < 1.29 is 33.0 Å². The van der Waals surface area contributed by atoms with Gasteiger partial charge in [0.05, 0.1) is 31.0 Å². The van der Waals surface area contributed by atoms with Crippen LogP contribution in [0.2, 0.25) is 0 Å². The number of benzene rings is 2. The third-order valence-electron chi connectivity index (χ3n) is 5.31. The smallest absolute Gasteiger partial charge is 0.351 e. The first kappa shape index (κ1) is 23.6. The van der Waals surface area contributed by atoms with Crippen LogP contribution in [0.25, 0.3) is 11.0 Å². The number of urea groups is 1. The Balaban J connectivity index is 1.65. The second-order valence-electron chi connectivity index (χ2n) is 7.48. The molecule has 1 aliphatic rings. The van der Waals surface area contributed by atoms with Gasteiger partial charge in [-0.25, -0.2) is 19.2 Å². The minimum absolute atomic E-state index is 0.0338. The Morgan fingerprint density at radius 1 is 1.00 bits per heavy atom. The Bertz CT molecular complexity index is 1370. The number of carbonyl (C=O) groups excluding carboxylic acids is 3. The molecule has 10 nitrogen and oxygen atoms in total. The number of esters is 2. The van der Waals surface area contributed by atoms with Crippen molar-refractivity contribution in [3.8, 4) is 5.75 Å². The van der Waals surface area contributed by atoms with E-state index in [2.05, 4.69) is 10.6 Å². The first-order valence-electron chi connectivity index (χ1n) is 10.7. The molecular weight excluding hydrogens is 456 g/mol. The Morgan fingerprint density at radius 3 is 2.46 bits per heavy atom. The van der Waals surface area contributed by atoms with Crippen molar-refractivity contribution in [3.05, 3.63) is 87.4 Å². The van der Waals surface area contributed by atoms with Crippen molar-refractivity contribution in [2.24, 2.45) is 0 Å². The number of carbonyl (C=O) groups is 3. The Kier molecular flexibility index (Phi) is 6.81. The molecule has 3 aromatic rings. The molecule has 1 aliphatic heterocycles. The molecule has 0 saturated carbocycles. The summed E-state index contributed by atoms with van der Waals surface area (Å²) in [5.74, 6) is -1.06. The predicted octanol–water partition coefficient (Wildman–Crippen LogP) is 2.83. The van der Waals surface area contributed by atoms with Gasteiger partial charge in [-0.05, 0) is 36.8 Å². The molecule has 0 spiro atoms. The highest BCUT2D eigenvalue weighted by molar-refractivity contribution is 5.96. The van der Waals surface area contributed by atoms with E-state index in [1.54, 1.807) is 55.5 Å². The van der Waals surface area contributed by atoms with Crippen LogP contribution in [0, 0.1) is 0 Å². The van der Waals surface area contributed by atoms with Gasteiger partial charge in [0.1, 0.15) is 23.5 Å². The Labute approximate surface area is 199 Å². The molecule has 35 heavy (non-hydrogen) atoms. The minimum atomic E-state index is -0.964. The van der Waals surface area contributed by atoms with Gasteiger partial charge in [0.2, 0.25) is 0 Å². The molecule has 2 amide bonds. The van der Waals surface area contributed by atoms with Crippen LogP contribution in [-0.2, 0) is 14.3 Å². The van der Waals surface area contributed by atoms with E-state index in [4.69, 9.17) is 18.6 Å². The quantitative estimate of drug-likeness (QED) is 0.391.